The predicted octanol–water partition coefficient (Wildman–Crippen LogP) is 1.24. The van der Waals surface area contributed by atoms with Gasteiger partial charge in [0.25, 0.3) is 0 Å². The zero-order chi connectivity index (χ0) is 13.0. The summed E-state index contributed by atoms with van der Waals surface area (Å²) in [7, 11) is 0. The second-order valence-electron chi connectivity index (χ2n) is 4.78. The summed E-state index contributed by atoms with van der Waals surface area (Å²) in [6.45, 7) is 1.64. The van der Waals surface area contributed by atoms with E-state index in [-0.39, 0.29) is 24.7 Å². The van der Waals surface area contributed by atoms with Crippen LogP contribution in [0.3, 0.4) is 0 Å². The van der Waals surface area contributed by atoms with E-state index in [1.807, 2.05) is 0 Å². The molecule has 6 heteroatoms. The number of hydrogen-bond acceptors (Lipinski definition) is 4. The van der Waals surface area contributed by atoms with Crippen LogP contribution >= 0.6 is 0 Å². The van der Waals surface area contributed by atoms with E-state index in [0.717, 1.165) is 19.4 Å². The largest absolute Gasteiger partial charge is 0.481 e. The van der Waals surface area contributed by atoms with E-state index in [2.05, 4.69) is 0 Å². The highest BCUT2D eigenvalue weighted by molar-refractivity contribution is 5.69. The van der Waals surface area contributed by atoms with Gasteiger partial charge in [0.1, 0.15) is 0 Å². The average Bonchev–Trinajstić information content (AvgIpc) is 2.82. The average molecular weight is 257 g/mol. The Kier molecular flexibility index (Phi) is 4.41. The first-order valence-corrected chi connectivity index (χ1v) is 6.43. The van der Waals surface area contributed by atoms with Gasteiger partial charge in [0, 0.05) is 25.5 Å². The molecule has 6 nitrogen and oxygen atoms in total. The molecule has 0 aromatic carbocycles. The number of carbonyl (C=O) groups is 2. The zero-order valence-electron chi connectivity index (χ0n) is 10.3. The number of aliphatic carboxylic acids is 1. The second kappa shape index (κ2) is 6.04. The number of ether oxygens (including phenoxy) is 2. The molecule has 2 rings (SSSR count). The minimum Gasteiger partial charge on any atom is -0.481 e. The van der Waals surface area contributed by atoms with Gasteiger partial charge in [-0.1, -0.05) is 0 Å². The fourth-order valence-electron chi connectivity index (χ4n) is 2.49. The maximum Gasteiger partial charge on any atom is 0.410 e. The Labute approximate surface area is 106 Å². The first-order chi connectivity index (χ1) is 8.66. The lowest BCUT2D eigenvalue weighted by Crippen LogP contribution is -2.48. The highest BCUT2D eigenvalue weighted by Crippen LogP contribution is 2.22. The predicted molar refractivity (Wildman–Crippen MR) is 62.3 cm³/mol. The van der Waals surface area contributed by atoms with E-state index in [0.29, 0.717) is 26.0 Å². The molecule has 2 unspecified atom stereocenters. The van der Waals surface area contributed by atoms with Gasteiger partial charge < -0.3 is 19.5 Å². The third-order valence-electron chi connectivity index (χ3n) is 3.47. The number of carboxylic acids is 1. The van der Waals surface area contributed by atoms with E-state index in [1.165, 1.54) is 0 Å². The first kappa shape index (κ1) is 13.1. The minimum atomic E-state index is -0.828. The van der Waals surface area contributed by atoms with Crippen molar-refractivity contribution in [2.24, 2.45) is 0 Å². The molecule has 18 heavy (non-hydrogen) atoms. The maximum atomic E-state index is 11.7. The summed E-state index contributed by atoms with van der Waals surface area (Å²) in [4.78, 5) is 24.0. The lowest BCUT2D eigenvalue weighted by Gasteiger charge is -2.36. The number of nitrogens with zero attached hydrogens (tertiary/aromatic N) is 1. The van der Waals surface area contributed by atoms with Gasteiger partial charge >= 0.3 is 12.1 Å². The summed E-state index contributed by atoms with van der Waals surface area (Å²) in [5.74, 6) is -0.828. The van der Waals surface area contributed by atoms with Crippen LogP contribution in [0.4, 0.5) is 4.79 Å². The Bertz CT molecular complexity index is 314. The summed E-state index contributed by atoms with van der Waals surface area (Å²) < 4.78 is 10.5. The molecule has 2 aliphatic rings. The Morgan fingerprint density at radius 3 is 2.89 bits per heavy atom. The molecular weight excluding hydrogens is 238 g/mol. The van der Waals surface area contributed by atoms with Crippen LogP contribution in [-0.2, 0) is 14.3 Å². The van der Waals surface area contributed by atoms with Crippen LogP contribution in [0, 0.1) is 0 Å². The lowest BCUT2D eigenvalue weighted by atomic mass is 10.0. The number of carboxylic acid groups (broad SMARTS) is 1. The monoisotopic (exact) mass is 257 g/mol. The van der Waals surface area contributed by atoms with Crippen molar-refractivity contribution in [2.75, 3.05) is 19.8 Å². The number of carbonyl (C=O) groups excluding carboxylic acids is 1. The Morgan fingerprint density at radius 2 is 2.22 bits per heavy atom. The van der Waals surface area contributed by atoms with Crippen molar-refractivity contribution >= 4 is 12.1 Å². The molecule has 2 aliphatic heterocycles. The molecule has 0 radical (unpaired) electrons. The molecule has 2 fully saturated rings. The van der Waals surface area contributed by atoms with Crippen LogP contribution < -0.4 is 0 Å². The Morgan fingerprint density at radius 1 is 1.39 bits per heavy atom. The number of rotatable bonds is 5. The van der Waals surface area contributed by atoms with Crippen molar-refractivity contribution in [1.82, 2.24) is 4.90 Å². The molecular formula is C12H19NO5. The van der Waals surface area contributed by atoms with Crippen molar-refractivity contribution in [3.8, 4) is 0 Å². The quantitative estimate of drug-likeness (QED) is 0.802. The van der Waals surface area contributed by atoms with Crippen molar-refractivity contribution in [3.05, 3.63) is 0 Å². The molecule has 102 valence electrons. The molecule has 0 bridgehead atoms. The van der Waals surface area contributed by atoms with Gasteiger partial charge in [-0.3, -0.25) is 4.79 Å². The fourth-order valence-corrected chi connectivity index (χ4v) is 2.49. The second-order valence-corrected chi connectivity index (χ2v) is 4.78. The number of cyclic esters (lactones) is 1. The zero-order valence-corrected chi connectivity index (χ0v) is 10.3. The van der Waals surface area contributed by atoms with Gasteiger partial charge in [-0.25, -0.2) is 4.79 Å². The molecule has 2 heterocycles. The molecule has 1 N–H and O–H groups in total. The third kappa shape index (κ3) is 3.35. The van der Waals surface area contributed by atoms with Crippen LogP contribution in [0.2, 0.25) is 0 Å². The third-order valence-corrected chi connectivity index (χ3v) is 3.47. The maximum absolute atomic E-state index is 11.7. The molecule has 0 saturated carbocycles. The van der Waals surface area contributed by atoms with Gasteiger partial charge in [0.05, 0.1) is 19.3 Å². The SMILES string of the molecule is O=C(O)CCC1CCOC(=O)N1CC1CCCO1. The standard InChI is InChI=1S/C12H19NO5/c14-11(15)4-3-9-5-7-18-12(16)13(9)8-10-2-1-6-17-10/h9-10H,1-8H2,(H,14,15). The van der Waals surface area contributed by atoms with Gasteiger partial charge in [-0.2, -0.15) is 0 Å². The Hall–Kier alpha value is -1.30. The summed E-state index contributed by atoms with van der Waals surface area (Å²) in [6, 6.07) is -0.0356. The van der Waals surface area contributed by atoms with Gasteiger partial charge in [-0.05, 0) is 19.3 Å². The molecule has 2 saturated heterocycles. The fraction of sp³-hybridized carbons (Fsp3) is 0.833. The van der Waals surface area contributed by atoms with Crippen LogP contribution in [0.15, 0.2) is 0 Å². The van der Waals surface area contributed by atoms with Crippen LogP contribution in [0.1, 0.15) is 32.1 Å². The molecule has 2 atom stereocenters. The number of amides is 1. The van der Waals surface area contributed by atoms with Crippen molar-refractivity contribution in [3.63, 3.8) is 0 Å². The summed E-state index contributed by atoms with van der Waals surface area (Å²) in [6.07, 6.45) is 2.97. The molecule has 0 aromatic rings. The molecule has 0 aliphatic carbocycles. The van der Waals surface area contributed by atoms with Crippen molar-refractivity contribution in [2.45, 2.75) is 44.2 Å². The van der Waals surface area contributed by atoms with Gasteiger partial charge in [0.2, 0.25) is 0 Å². The highest BCUT2D eigenvalue weighted by atomic mass is 16.6. The van der Waals surface area contributed by atoms with E-state index >= 15 is 0 Å². The van der Waals surface area contributed by atoms with Crippen molar-refractivity contribution < 1.29 is 24.2 Å². The minimum absolute atomic E-state index is 0.0356. The topological polar surface area (TPSA) is 76.1 Å². The van der Waals surface area contributed by atoms with Gasteiger partial charge in [-0.15, -0.1) is 0 Å². The van der Waals surface area contributed by atoms with Crippen molar-refractivity contribution in [1.29, 1.82) is 0 Å². The van der Waals surface area contributed by atoms with E-state index in [1.54, 1.807) is 4.90 Å². The van der Waals surface area contributed by atoms with E-state index in [4.69, 9.17) is 14.6 Å². The number of hydrogen-bond donors (Lipinski definition) is 1. The van der Waals surface area contributed by atoms with Crippen LogP contribution in [0.25, 0.3) is 0 Å². The van der Waals surface area contributed by atoms with E-state index in [9.17, 15) is 9.59 Å². The Balaban J connectivity index is 1.91. The smallest absolute Gasteiger partial charge is 0.410 e. The van der Waals surface area contributed by atoms with E-state index < -0.39 is 5.97 Å². The normalized spacial score (nSPS) is 28.2. The molecule has 0 spiro atoms. The first-order valence-electron chi connectivity index (χ1n) is 6.43. The molecule has 1 amide bonds. The molecule has 0 aromatic heterocycles. The summed E-state index contributed by atoms with van der Waals surface area (Å²) in [5.41, 5.74) is 0. The van der Waals surface area contributed by atoms with Gasteiger partial charge in [0.15, 0.2) is 0 Å². The van der Waals surface area contributed by atoms with Crippen LogP contribution in [-0.4, -0.2) is 54.0 Å². The lowest BCUT2D eigenvalue weighted by molar-refractivity contribution is -0.137. The summed E-state index contributed by atoms with van der Waals surface area (Å²) >= 11 is 0. The summed E-state index contributed by atoms with van der Waals surface area (Å²) in [5, 5.41) is 8.72. The highest BCUT2D eigenvalue weighted by Gasteiger charge is 2.32. The van der Waals surface area contributed by atoms with Crippen LogP contribution in [0.5, 0.6) is 0 Å².